The third kappa shape index (κ3) is 3.70. The maximum Gasteiger partial charge on any atom is 0.303 e. The van der Waals surface area contributed by atoms with E-state index in [1.54, 1.807) is 0 Å². The number of fused-ring (bicyclic) bond motifs is 1. The molecule has 3 atom stereocenters. The Kier molecular flexibility index (Phi) is 5.37. The van der Waals surface area contributed by atoms with Gasteiger partial charge in [0.05, 0.1) is 6.54 Å². The number of carboxylic acid groups (broad SMARTS) is 1. The van der Waals surface area contributed by atoms with E-state index in [2.05, 4.69) is 22.5 Å². The lowest BCUT2D eigenvalue weighted by Crippen LogP contribution is -2.42. The van der Waals surface area contributed by atoms with Gasteiger partial charge in [-0.2, -0.15) is 0 Å². The minimum Gasteiger partial charge on any atom is -0.481 e. The van der Waals surface area contributed by atoms with Crippen molar-refractivity contribution in [3.8, 4) is 0 Å². The molecule has 0 aliphatic carbocycles. The van der Waals surface area contributed by atoms with Gasteiger partial charge in [0.15, 0.2) is 0 Å². The number of carbonyl (C=O) groups excluding carboxylic acids is 1. The number of carbonyl (C=O) groups is 2. The SMILES string of the molecule is CCC1C2CNCC2CN1CC(=O)NCCCC(=O)O. The largest absolute Gasteiger partial charge is 0.481 e. The second kappa shape index (κ2) is 7.04. The van der Waals surface area contributed by atoms with Crippen LogP contribution in [0.3, 0.4) is 0 Å². The van der Waals surface area contributed by atoms with Gasteiger partial charge < -0.3 is 15.7 Å². The van der Waals surface area contributed by atoms with Gasteiger partial charge in [-0.05, 0) is 37.8 Å². The van der Waals surface area contributed by atoms with E-state index in [0.717, 1.165) is 26.1 Å². The van der Waals surface area contributed by atoms with Gasteiger partial charge in [0.1, 0.15) is 0 Å². The van der Waals surface area contributed by atoms with Crippen LogP contribution in [0, 0.1) is 11.8 Å². The normalized spacial score (nSPS) is 29.4. The number of nitrogens with one attached hydrogen (secondary N) is 2. The van der Waals surface area contributed by atoms with Crippen molar-refractivity contribution in [1.82, 2.24) is 15.5 Å². The first-order valence-corrected chi connectivity index (χ1v) is 7.55. The maximum atomic E-state index is 11.9. The van der Waals surface area contributed by atoms with Gasteiger partial charge in [0.25, 0.3) is 0 Å². The highest BCUT2D eigenvalue weighted by atomic mass is 16.4. The second-order valence-corrected chi connectivity index (χ2v) is 5.83. The molecule has 0 aromatic heterocycles. The van der Waals surface area contributed by atoms with Crippen LogP contribution in [-0.4, -0.2) is 60.6 Å². The van der Waals surface area contributed by atoms with E-state index >= 15 is 0 Å². The number of nitrogens with zero attached hydrogens (tertiary/aromatic N) is 1. The van der Waals surface area contributed by atoms with Crippen LogP contribution >= 0.6 is 0 Å². The molecule has 2 aliphatic heterocycles. The van der Waals surface area contributed by atoms with E-state index in [1.807, 2.05) is 0 Å². The summed E-state index contributed by atoms with van der Waals surface area (Å²) in [5.41, 5.74) is 0. The minimum absolute atomic E-state index is 0.0155. The molecule has 1 amide bonds. The number of likely N-dealkylation sites (tertiary alicyclic amines) is 1. The third-order valence-corrected chi connectivity index (χ3v) is 4.48. The summed E-state index contributed by atoms with van der Waals surface area (Å²) in [6.07, 6.45) is 1.68. The van der Waals surface area contributed by atoms with Crippen molar-refractivity contribution < 1.29 is 14.7 Å². The Morgan fingerprint density at radius 3 is 2.90 bits per heavy atom. The Morgan fingerprint density at radius 1 is 1.40 bits per heavy atom. The van der Waals surface area contributed by atoms with E-state index in [9.17, 15) is 9.59 Å². The number of amides is 1. The smallest absolute Gasteiger partial charge is 0.303 e. The molecule has 2 saturated heterocycles. The number of rotatable bonds is 7. The van der Waals surface area contributed by atoms with Gasteiger partial charge in [0.2, 0.25) is 5.91 Å². The topological polar surface area (TPSA) is 81.7 Å². The van der Waals surface area contributed by atoms with Crippen LogP contribution in [0.15, 0.2) is 0 Å². The predicted octanol–water partition coefficient (Wildman–Crippen LogP) is -0.103. The summed E-state index contributed by atoms with van der Waals surface area (Å²) >= 11 is 0. The lowest BCUT2D eigenvalue weighted by molar-refractivity contribution is -0.137. The molecule has 0 radical (unpaired) electrons. The summed E-state index contributed by atoms with van der Waals surface area (Å²) in [5.74, 6) is 0.562. The summed E-state index contributed by atoms with van der Waals surface area (Å²) in [4.78, 5) is 24.6. The van der Waals surface area contributed by atoms with Crippen molar-refractivity contribution in [2.45, 2.75) is 32.2 Å². The van der Waals surface area contributed by atoms with Gasteiger partial charge in [0, 0.05) is 25.6 Å². The van der Waals surface area contributed by atoms with Crippen LogP contribution in [0.25, 0.3) is 0 Å². The van der Waals surface area contributed by atoms with E-state index in [4.69, 9.17) is 5.11 Å². The Morgan fingerprint density at radius 2 is 2.20 bits per heavy atom. The highest BCUT2D eigenvalue weighted by Crippen LogP contribution is 2.33. The Labute approximate surface area is 119 Å². The molecule has 2 rings (SSSR count). The highest BCUT2D eigenvalue weighted by molar-refractivity contribution is 5.78. The molecule has 0 saturated carbocycles. The van der Waals surface area contributed by atoms with E-state index < -0.39 is 5.97 Å². The Balaban J connectivity index is 1.72. The zero-order valence-corrected chi connectivity index (χ0v) is 12.1. The fourth-order valence-corrected chi connectivity index (χ4v) is 3.56. The molecular formula is C14H25N3O3. The quantitative estimate of drug-likeness (QED) is 0.568. The minimum atomic E-state index is -0.815. The molecule has 0 aromatic rings. The van der Waals surface area contributed by atoms with Crippen molar-refractivity contribution in [3.05, 3.63) is 0 Å². The zero-order valence-electron chi connectivity index (χ0n) is 12.1. The molecule has 2 heterocycles. The fraction of sp³-hybridized carbons (Fsp3) is 0.857. The maximum absolute atomic E-state index is 11.9. The van der Waals surface area contributed by atoms with Gasteiger partial charge in [-0.15, -0.1) is 0 Å². The van der Waals surface area contributed by atoms with Crippen molar-refractivity contribution in [3.63, 3.8) is 0 Å². The molecule has 114 valence electrons. The summed E-state index contributed by atoms with van der Waals surface area (Å²) in [5, 5.41) is 14.8. The lowest BCUT2D eigenvalue weighted by Gasteiger charge is -2.26. The molecule has 6 heteroatoms. The summed E-state index contributed by atoms with van der Waals surface area (Å²) in [6, 6.07) is 0.500. The number of hydrogen-bond donors (Lipinski definition) is 3. The first kappa shape index (κ1) is 15.3. The molecular weight excluding hydrogens is 258 g/mol. The van der Waals surface area contributed by atoms with Crippen LogP contribution in [0.2, 0.25) is 0 Å². The molecule has 0 bridgehead atoms. The first-order chi connectivity index (χ1) is 9.61. The summed E-state index contributed by atoms with van der Waals surface area (Å²) in [7, 11) is 0. The van der Waals surface area contributed by atoms with E-state index in [1.165, 1.54) is 0 Å². The molecule has 0 spiro atoms. The van der Waals surface area contributed by atoms with Crippen LogP contribution in [0.4, 0.5) is 0 Å². The summed E-state index contributed by atoms with van der Waals surface area (Å²) < 4.78 is 0. The van der Waals surface area contributed by atoms with E-state index in [0.29, 0.717) is 37.4 Å². The monoisotopic (exact) mass is 283 g/mol. The second-order valence-electron chi connectivity index (χ2n) is 5.83. The lowest BCUT2D eigenvalue weighted by atomic mass is 9.93. The number of aliphatic carboxylic acids is 1. The van der Waals surface area contributed by atoms with Gasteiger partial charge >= 0.3 is 5.97 Å². The standard InChI is InChI=1S/C14H25N3O3/c1-2-12-11-7-15-6-10(11)8-17(12)9-13(18)16-5-3-4-14(19)20/h10-12,15H,2-9H2,1H3,(H,16,18)(H,19,20). The summed E-state index contributed by atoms with van der Waals surface area (Å²) in [6.45, 7) is 6.21. The molecule has 6 nitrogen and oxygen atoms in total. The van der Waals surface area contributed by atoms with Crippen LogP contribution in [0.1, 0.15) is 26.2 Å². The number of carboxylic acids is 1. The van der Waals surface area contributed by atoms with E-state index in [-0.39, 0.29) is 12.3 Å². The van der Waals surface area contributed by atoms with Crippen LogP contribution in [-0.2, 0) is 9.59 Å². The van der Waals surface area contributed by atoms with Gasteiger partial charge in [-0.1, -0.05) is 6.92 Å². The van der Waals surface area contributed by atoms with Crippen LogP contribution in [0.5, 0.6) is 0 Å². The predicted molar refractivity (Wildman–Crippen MR) is 75.4 cm³/mol. The first-order valence-electron chi connectivity index (χ1n) is 7.55. The molecule has 2 aliphatic rings. The van der Waals surface area contributed by atoms with Crippen molar-refractivity contribution in [2.75, 3.05) is 32.7 Å². The molecule has 0 aromatic carbocycles. The highest BCUT2D eigenvalue weighted by Gasteiger charge is 2.43. The van der Waals surface area contributed by atoms with Crippen molar-refractivity contribution in [2.24, 2.45) is 11.8 Å². The van der Waals surface area contributed by atoms with Gasteiger partial charge in [-0.3, -0.25) is 14.5 Å². The van der Waals surface area contributed by atoms with Gasteiger partial charge in [-0.25, -0.2) is 0 Å². The molecule has 3 N–H and O–H groups in total. The Bertz CT molecular complexity index is 362. The molecule has 3 unspecified atom stereocenters. The number of hydrogen-bond acceptors (Lipinski definition) is 4. The molecule has 2 fully saturated rings. The van der Waals surface area contributed by atoms with Crippen LogP contribution < -0.4 is 10.6 Å². The zero-order chi connectivity index (χ0) is 14.5. The third-order valence-electron chi connectivity index (χ3n) is 4.48. The average molecular weight is 283 g/mol. The van der Waals surface area contributed by atoms with Crippen molar-refractivity contribution in [1.29, 1.82) is 0 Å². The fourth-order valence-electron chi connectivity index (χ4n) is 3.56. The van der Waals surface area contributed by atoms with Crippen molar-refractivity contribution >= 4 is 11.9 Å². The average Bonchev–Trinajstić information content (AvgIpc) is 2.94. The molecule has 20 heavy (non-hydrogen) atoms. The Hall–Kier alpha value is -1.14.